The Morgan fingerprint density at radius 1 is 1.14 bits per heavy atom. The van der Waals surface area contributed by atoms with E-state index in [-0.39, 0.29) is 11.5 Å². The summed E-state index contributed by atoms with van der Waals surface area (Å²) in [4.78, 5) is 30.6. The molecule has 0 bridgehead atoms. The Kier molecular flexibility index (Phi) is 5.16. The highest BCUT2D eigenvalue weighted by Crippen LogP contribution is 2.25. The second-order valence-corrected chi connectivity index (χ2v) is 6.38. The van der Waals surface area contributed by atoms with Gasteiger partial charge in [-0.1, -0.05) is 6.07 Å². The van der Waals surface area contributed by atoms with Gasteiger partial charge in [0.25, 0.3) is 0 Å². The van der Waals surface area contributed by atoms with Crippen LogP contribution in [0.2, 0.25) is 0 Å². The normalized spacial score (nSPS) is 13.9. The highest BCUT2D eigenvalue weighted by Gasteiger charge is 2.17. The van der Waals surface area contributed by atoms with E-state index < -0.39 is 5.97 Å². The van der Waals surface area contributed by atoms with Crippen LogP contribution in [0.5, 0.6) is 0 Å². The SMILES string of the molecule is Nc1ncc(-c2cc(Nc3cccc(C(=O)O)c3)nc(N3CCOCC3)n2)cn1. The van der Waals surface area contributed by atoms with Gasteiger partial charge in [0.05, 0.1) is 24.5 Å². The number of morpholine rings is 1. The number of aromatic carboxylic acids is 1. The molecule has 148 valence electrons. The first-order valence-corrected chi connectivity index (χ1v) is 8.98. The van der Waals surface area contributed by atoms with Crippen LogP contribution in [0, 0.1) is 0 Å². The lowest BCUT2D eigenvalue weighted by atomic mass is 10.2. The number of aromatic nitrogens is 4. The van der Waals surface area contributed by atoms with E-state index in [1.807, 2.05) is 4.90 Å². The van der Waals surface area contributed by atoms with Crippen molar-refractivity contribution < 1.29 is 14.6 Å². The number of carbonyl (C=O) groups is 1. The Morgan fingerprint density at radius 2 is 1.90 bits per heavy atom. The highest BCUT2D eigenvalue weighted by atomic mass is 16.5. The molecule has 0 saturated carbocycles. The first-order valence-electron chi connectivity index (χ1n) is 8.98. The molecule has 2 aromatic heterocycles. The minimum absolute atomic E-state index is 0.181. The van der Waals surface area contributed by atoms with Crippen LogP contribution in [0.15, 0.2) is 42.7 Å². The maximum atomic E-state index is 11.2. The number of nitrogen functional groups attached to an aromatic ring is 1. The van der Waals surface area contributed by atoms with Crippen molar-refractivity contribution in [1.29, 1.82) is 0 Å². The smallest absolute Gasteiger partial charge is 0.335 e. The van der Waals surface area contributed by atoms with Crippen LogP contribution < -0.4 is 16.0 Å². The highest BCUT2D eigenvalue weighted by molar-refractivity contribution is 5.89. The largest absolute Gasteiger partial charge is 0.478 e. The van der Waals surface area contributed by atoms with Crippen molar-refractivity contribution in [3.05, 3.63) is 48.3 Å². The molecule has 0 radical (unpaired) electrons. The van der Waals surface area contributed by atoms with Gasteiger partial charge >= 0.3 is 5.97 Å². The fourth-order valence-electron chi connectivity index (χ4n) is 2.90. The Morgan fingerprint density at radius 3 is 2.62 bits per heavy atom. The summed E-state index contributed by atoms with van der Waals surface area (Å²) in [6.07, 6.45) is 3.20. The number of nitrogens with zero attached hydrogens (tertiary/aromatic N) is 5. The van der Waals surface area contributed by atoms with E-state index in [1.54, 1.807) is 36.7 Å². The number of hydrogen-bond acceptors (Lipinski definition) is 9. The summed E-state index contributed by atoms with van der Waals surface area (Å²) < 4.78 is 5.41. The van der Waals surface area contributed by atoms with Crippen molar-refractivity contribution in [3.63, 3.8) is 0 Å². The molecule has 1 aromatic carbocycles. The van der Waals surface area contributed by atoms with E-state index in [0.717, 1.165) is 0 Å². The molecule has 1 aliphatic heterocycles. The van der Waals surface area contributed by atoms with Crippen molar-refractivity contribution in [2.75, 3.05) is 42.3 Å². The Balaban J connectivity index is 1.71. The minimum atomic E-state index is -0.995. The molecular weight excluding hydrogens is 374 g/mol. The molecule has 10 nitrogen and oxygen atoms in total. The molecule has 0 spiro atoms. The van der Waals surface area contributed by atoms with Gasteiger partial charge in [-0.25, -0.2) is 19.7 Å². The fraction of sp³-hybridized carbons (Fsp3) is 0.211. The minimum Gasteiger partial charge on any atom is -0.478 e. The zero-order valence-electron chi connectivity index (χ0n) is 15.4. The number of hydrogen-bond donors (Lipinski definition) is 3. The molecule has 1 fully saturated rings. The van der Waals surface area contributed by atoms with Crippen LogP contribution in [0.25, 0.3) is 11.3 Å². The summed E-state index contributed by atoms with van der Waals surface area (Å²) in [7, 11) is 0. The molecule has 3 aromatic rings. The summed E-state index contributed by atoms with van der Waals surface area (Å²) >= 11 is 0. The lowest BCUT2D eigenvalue weighted by molar-refractivity contribution is 0.0697. The van der Waals surface area contributed by atoms with Crippen molar-refractivity contribution in [2.45, 2.75) is 0 Å². The lowest BCUT2D eigenvalue weighted by Gasteiger charge is -2.27. The fourth-order valence-corrected chi connectivity index (χ4v) is 2.90. The Labute approximate surface area is 166 Å². The summed E-state index contributed by atoms with van der Waals surface area (Å²) in [5, 5.41) is 12.4. The molecule has 0 amide bonds. The third kappa shape index (κ3) is 4.38. The number of anilines is 4. The summed E-state index contributed by atoms with van der Waals surface area (Å²) in [6, 6.07) is 8.28. The first-order chi connectivity index (χ1) is 14.1. The van der Waals surface area contributed by atoms with Gasteiger partial charge in [-0.05, 0) is 18.2 Å². The summed E-state index contributed by atoms with van der Waals surface area (Å²) in [6.45, 7) is 2.55. The molecule has 1 aliphatic rings. The van der Waals surface area contributed by atoms with Crippen LogP contribution in [0.1, 0.15) is 10.4 Å². The third-order valence-electron chi connectivity index (χ3n) is 4.36. The molecule has 10 heteroatoms. The molecule has 0 aliphatic carbocycles. The number of ether oxygens (including phenoxy) is 1. The molecule has 3 heterocycles. The predicted molar refractivity (Wildman–Crippen MR) is 107 cm³/mol. The van der Waals surface area contributed by atoms with E-state index in [2.05, 4.69) is 25.3 Å². The maximum Gasteiger partial charge on any atom is 0.335 e. The summed E-state index contributed by atoms with van der Waals surface area (Å²) in [5.41, 5.74) is 7.69. The second kappa shape index (κ2) is 8.07. The van der Waals surface area contributed by atoms with Crippen molar-refractivity contribution in [2.24, 2.45) is 0 Å². The molecule has 4 rings (SSSR count). The third-order valence-corrected chi connectivity index (χ3v) is 4.36. The average Bonchev–Trinajstić information content (AvgIpc) is 2.75. The number of nitrogens with two attached hydrogens (primary N) is 1. The topological polar surface area (TPSA) is 139 Å². The van der Waals surface area contributed by atoms with E-state index in [1.165, 1.54) is 6.07 Å². The Hall–Kier alpha value is -3.79. The van der Waals surface area contributed by atoms with E-state index >= 15 is 0 Å². The standard InChI is InChI=1S/C19H19N7O3/c20-18-21-10-13(11-22-18)15-9-16(23-14-3-1-2-12(8-14)17(27)28)25-19(24-15)26-4-6-29-7-5-26/h1-3,8-11H,4-7H2,(H,27,28)(H2,20,21,22)(H,23,24,25). The van der Waals surface area contributed by atoms with Gasteiger partial charge < -0.3 is 25.8 Å². The van der Waals surface area contributed by atoms with Crippen LogP contribution in [-0.4, -0.2) is 57.3 Å². The molecule has 0 unspecified atom stereocenters. The number of rotatable bonds is 5. The maximum absolute atomic E-state index is 11.2. The second-order valence-electron chi connectivity index (χ2n) is 6.38. The van der Waals surface area contributed by atoms with Crippen LogP contribution >= 0.6 is 0 Å². The van der Waals surface area contributed by atoms with Gasteiger partial charge in [0.15, 0.2) is 0 Å². The van der Waals surface area contributed by atoms with Crippen LogP contribution in [-0.2, 0) is 4.74 Å². The van der Waals surface area contributed by atoms with Gasteiger partial charge in [-0.3, -0.25) is 0 Å². The van der Waals surface area contributed by atoms with Crippen molar-refractivity contribution in [3.8, 4) is 11.3 Å². The van der Waals surface area contributed by atoms with Crippen LogP contribution in [0.3, 0.4) is 0 Å². The average molecular weight is 393 g/mol. The van der Waals surface area contributed by atoms with E-state index in [9.17, 15) is 9.90 Å². The van der Waals surface area contributed by atoms with Crippen molar-refractivity contribution in [1.82, 2.24) is 19.9 Å². The lowest BCUT2D eigenvalue weighted by Crippen LogP contribution is -2.37. The van der Waals surface area contributed by atoms with Gasteiger partial charge in [0, 0.05) is 42.8 Å². The number of carboxylic acid groups (broad SMARTS) is 1. The molecular formula is C19H19N7O3. The van der Waals surface area contributed by atoms with E-state index in [0.29, 0.717) is 55.0 Å². The Bertz CT molecular complexity index is 1020. The zero-order chi connectivity index (χ0) is 20.2. The quantitative estimate of drug-likeness (QED) is 0.588. The molecule has 0 atom stereocenters. The van der Waals surface area contributed by atoms with Gasteiger partial charge in [-0.15, -0.1) is 0 Å². The monoisotopic (exact) mass is 393 g/mol. The van der Waals surface area contributed by atoms with Crippen molar-refractivity contribution >= 4 is 29.4 Å². The summed E-state index contributed by atoms with van der Waals surface area (Å²) in [5.74, 6) is 0.250. The molecule has 4 N–H and O–H groups in total. The number of benzene rings is 1. The molecule has 1 saturated heterocycles. The number of nitrogens with one attached hydrogen (secondary N) is 1. The number of carboxylic acids is 1. The van der Waals surface area contributed by atoms with Crippen LogP contribution in [0.4, 0.5) is 23.4 Å². The molecule has 29 heavy (non-hydrogen) atoms. The predicted octanol–water partition coefficient (Wildman–Crippen LogP) is 1.79. The first kappa shape index (κ1) is 18.6. The van der Waals surface area contributed by atoms with E-state index in [4.69, 9.17) is 10.5 Å². The van der Waals surface area contributed by atoms with Gasteiger partial charge in [0.1, 0.15) is 5.82 Å². The zero-order valence-corrected chi connectivity index (χ0v) is 15.4. The van der Waals surface area contributed by atoms with Gasteiger partial charge in [-0.2, -0.15) is 4.98 Å². The van der Waals surface area contributed by atoms with Gasteiger partial charge in [0.2, 0.25) is 11.9 Å².